The maximum Gasteiger partial charge on any atom is 0.271 e. The Morgan fingerprint density at radius 3 is 2.30 bits per heavy atom. The SMILES string of the molecule is Cc1ccc(COc2ccc(Br)cc2/C=C2/SC(=Nc3ccc(C)c(Cl)c3)N(c3ccc(C)c(Cl)c3)C2=O)cc1. The molecule has 1 fully saturated rings. The Hall–Kier alpha value is -3.03. The van der Waals surface area contributed by atoms with Crippen molar-refractivity contribution in [1.29, 1.82) is 0 Å². The number of aliphatic imine (C=N–C) groups is 1. The second kappa shape index (κ2) is 12.2. The third-order valence-electron chi connectivity index (χ3n) is 6.37. The maximum absolute atomic E-state index is 13.9. The van der Waals surface area contributed by atoms with Crippen molar-refractivity contribution in [3.8, 4) is 5.75 Å². The summed E-state index contributed by atoms with van der Waals surface area (Å²) in [5, 5.41) is 1.69. The molecule has 1 aliphatic rings. The van der Waals surface area contributed by atoms with Gasteiger partial charge in [0.25, 0.3) is 5.91 Å². The van der Waals surface area contributed by atoms with Gasteiger partial charge in [0.15, 0.2) is 5.17 Å². The van der Waals surface area contributed by atoms with Gasteiger partial charge in [0, 0.05) is 20.1 Å². The minimum atomic E-state index is -0.202. The molecule has 5 rings (SSSR count). The molecule has 0 aliphatic carbocycles. The van der Waals surface area contributed by atoms with Crippen molar-refractivity contribution in [2.24, 2.45) is 4.99 Å². The first kappa shape index (κ1) is 28.5. The summed E-state index contributed by atoms with van der Waals surface area (Å²) in [5.74, 6) is 0.469. The van der Waals surface area contributed by atoms with Crippen LogP contribution in [0.2, 0.25) is 10.0 Å². The molecule has 4 nitrogen and oxygen atoms in total. The summed E-state index contributed by atoms with van der Waals surface area (Å²) in [6.07, 6.45) is 1.84. The molecule has 1 aliphatic heterocycles. The number of hydrogen-bond acceptors (Lipinski definition) is 4. The molecule has 1 heterocycles. The van der Waals surface area contributed by atoms with E-state index in [-0.39, 0.29) is 5.91 Å². The maximum atomic E-state index is 13.9. The zero-order valence-corrected chi connectivity index (χ0v) is 26.0. The lowest BCUT2D eigenvalue weighted by Crippen LogP contribution is -2.28. The number of ether oxygens (including phenoxy) is 1. The Morgan fingerprint density at radius 1 is 0.900 bits per heavy atom. The van der Waals surface area contributed by atoms with Crippen molar-refractivity contribution in [2.75, 3.05) is 4.90 Å². The second-order valence-electron chi connectivity index (χ2n) is 9.47. The number of carbonyl (C=O) groups is 1. The van der Waals surface area contributed by atoms with Gasteiger partial charge in [-0.1, -0.05) is 81.1 Å². The second-order valence-corrected chi connectivity index (χ2v) is 12.2. The van der Waals surface area contributed by atoms with Crippen molar-refractivity contribution in [3.63, 3.8) is 0 Å². The fourth-order valence-corrected chi connectivity index (χ4v) is 5.73. The van der Waals surface area contributed by atoms with E-state index in [1.807, 2.05) is 74.5 Å². The average Bonchev–Trinajstić information content (AvgIpc) is 3.22. The van der Waals surface area contributed by atoms with Crippen LogP contribution in [0.4, 0.5) is 11.4 Å². The highest BCUT2D eigenvalue weighted by Gasteiger charge is 2.35. The molecule has 0 spiro atoms. The van der Waals surface area contributed by atoms with Gasteiger partial charge in [-0.25, -0.2) is 4.99 Å². The summed E-state index contributed by atoms with van der Waals surface area (Å²) >= 11 is 17.7. The highest BCUT2D eigenvalue weighted by Crippen LogP contribution is 2.40. The smallest absolute Gasteiger partial charge is 0.271 e. The number of amidine groups is 1. The number of amides is 1. The molecule has 202 valence electrons. The number of anilines is 1. The van der Waals surface area contributed by atoms with Crippen LogP contribution in [0.3, 0.4) is 0 Å². The summed E-state index contributed by atoms with van der Waals surface area (Å²) in [4.78, 5) is 20.8. The van der Waals surface area contributed by atoms with Crippen LogP contribution in [-0.2, 0) is 11.4 Å². The molecule has 0 unspecified atom stereocenters. The number of hydrogen-bond donors (Lipinski definition) is 0. The fourth-order valence-electron chi connectivity index (χ4n) is 4.01. The Morgan fingerprint density at radius 2 is 1.60 bits per heavy atom. The summed E-state index contributed by atoms with van der Waals surface area (Å²) < 4.78 is 7.07. The molecule has 40 heavy (non-hydrogen) atoms. The zero-order chi connectivity index (χ0) is 28.4. The molecule has 0 atom stereocenters. The molecular formula is C32H25BrCl2N2O2S. The van der Waals surface area contributed by atoms with E-state index < -0.39 is 0 Å². The molecule has 0 bridgehead atoms. The predicted octanol–water partition coefficient (Wildman–Crippen LogP) is 10.1. The van der Waals surface area contributed by atoms with Crippen molar-refractivity contribution in [2.45, 2.75) is 27.4 Å². The molecule has 8 heteroatoms. The van der Waals surface area contributed by atoms with Gasteiger partial charge in [0.05, 0.1) is 16.3 Å². The lowest BCUT2D eigenvalue weighted by molar-refractivity contribution is -0.113. The Kier molecular flexibility index (Phi) is 8.71. The van der Waals surface area contributed by atoms with Gasteiger partial charge in [-0.15, -0.1) is 0 Å². The van der Waals surface area contributed by atoms with Crippen LogP contribution in [0.25, 0.3) is 6.08 Å². The van der Waals surface area contributed by atoms with E-state index >= 15 is 0 Å². The van der Waals surface area contributed by atoms with Crippen molar-refractivity contribution >= 4 is 79.4 Å². The lowest BCUT2D eigenvalue weighted by atomic mass is 10.1. The fraction of sp³-hybridized carbons (Fsp3) is 0.125. The lowest BCUT2D eigenvalue weighted by Gasteiger charge is -2.16. The van der Waals surface area contributed by atoms with Crippen LogP contribution in [0.5, 0.6) is 5.75 Å². The molecule has 0 N–H and O–H groups in total. The molecule has 1 amide bonds. The summed E-state index contributed by atoms with van der Waals surface area (Å²) in [5.41, 5.74) is 6.20. The topological polar surface area (TPSA) is 41.9 Å². The normalized spacial score (nSPS) is 15.3. The first-order valence-electron chi connectivity index (χ1n) is 12.5. The van der Waals surface area contributed by atoms with E-state index in [0.717, 1.165) is 26.7 Å². The summed E-state index contributed by atoms with van der Waals surface area (Å²) in [7, 11) is 0. The van der Waals surface area contributed by atoms with Gasteiger partial charge in [-0.2, -0.15) is 0 Å². The largest absolute Gasteiger partial charge is 0.488 e. The minimum Gasteiger partial charge on any atom is -0.488 e. The number of aryl methyl sites for hydroxylation is 3. The highest BCUT2D eigenvalue weighted by molar-refractivity contribution is 9.10. The van der Waals surface area contributed by atoms with E-state index in [0.29, 0.717) is 43.8 Å². The highest BCUT2D eigenvalue weighted by atomic mass is 79.9. The van der Waals surface area contributed by atoms with Gasteiger partial charge < -0.3 is 4.74 Å². The van der Waals surface area contributed by atoms with E-state index in [2.05, 4.69) is 35.0 Å². The van der Waals surface area contributed by atoms with Crippen LogP contribution < -0.4 is 9.64 Å². The van der Waals surface area contributed by atoms with E-state index in [9.17, 15) is 4.79 Å². The molecular weight excluding hydrogens is 627 g/mol. The van der Waals surface area contributed by atoms with Gasteiger partial charge in [-0.05, 0) is 97.8 Å². The third-order valence-corrected chi connectivity index (χ3v) is 8.65. The number of nitrogens with zero attached hydrogens (tertiary/aromatic N) is 2. The molecule has 4 aromatic carbocycles. The first-order valence-corrected chi connectivity index (χ1v) is 14.9. The summed E-state index contributed by atoms with van der Waals surface area (Å²) in [6.45, 7) is 6.32. The molecule has 4 aromatic rings. The van der Waals surface area contributed by atoms with Crippen LogP contribution in [-0.4, -0.2) is 11.1 Å². The Labute approximate surface area is 256 Å². The van der Waals surface area contributed by atoms with Crippen LogP contribution >= 0.6 is 50.9 Å². The standard InChI is InChI=1S/C32H25BrCl2N2O2S/c1-19-4-8-22(9-5-19)18-39-29-13-10-24(33)14-23(29)15-30-31(38)37(26-12-7-21(3)28(35)17-26)32(40-30)36-25-11-6-20(2)27(34)16-25/h4-17H,18H2,1-3H3/b30-15+,36-32?. The first-order chi connectivity index (χ1) is 19.2. The Balaban J connectivity index is 1.53. The molecule has 0 saturated carbocycles. The van der Waals surface area contributed by atoms with E-state index in [1.165, 1.54) is 17.3 Å². The van der Waals surface area contributed by atoms with E-state index in [1.54, 1.807) is 17.0 Å². The number of rotatable bonds is 6. The quantitative estimate of drug-likeness (QED) is 0.195. The van der Waals surface area contributed by atoms with Crippen molar-refractivity contribution < 1.29 is 9.53 Å². The number of halogens is 3. The van der Waals surface area contributed by atoms with Crippen LogP contribution in [0.15, 0.2) is 93.2 Å². The Bertz CT molecular complexity index is 1670. The minimum absolute atomic E-state index is 0.202. The number of thioether (sulfide) groups is 1. The monoisotopic (exact) mass is 650 g/mol. The third kappa shape index (κ3) is 6.47. The average molecular weight is 652 g/mol. The number of carbonyl (C=O) groups excluding carboxylic acids is 1. The predicted molar refractivity (Wildman–Crippen MR) is 172 cm³/mol. The van der Waals surface area contributed by atoms with E-state index in [4.69, 9.17) is 32.9 Å². The van der Waals surface area contributed by atoms with Crippen LogP contribution in [0.1, 0.15) is 27.8 Å². The van der Waals surface area contributed by atoms with Gasteiger partial charge in [-0.3, -0.25) is 9.69 Å². The van der Waals surface area contributed by atoms with Crippen molar-refractivity contribution in [1.82, 2.24) is 0 Å². The summed E-state index contributed by atoms with van der Waals surface area (Å²) in [6, 6.07) is 25.1. The number of benzene rings is 4. The zero-order valence-electron chi connectivity index (χ0n) is 22.0. The molecule has 0 aromatic heterocycles. The molecule has 0 radical (unpaired) electrons. The van der Waals surface area contributed by atoms with Gasteiger partial charge in [0.1, 0.15) is 12.4 Å². The van der Waals surface area contributed by atoms with Crippen LogP contribution in [0, 0.1) is 20.8 Å². The molecule has 1 saturated heterocycles. The van der Waals surface area contributed by atoms with Gasteiger partial charge in [0.2, 0.25) is 0 Å². The van der Waals surface area contributed by atoms with Crippen molar-refractivity contribution in [3.05, 3.63) is 126 Å². The van der Waals surface area contributed by atoms with Gasteiger partial charge >= 0.3 is 0 Å².